The van der Waals surface area contributed by atoms with Crippen LogP contribution in [0.5, 0.6) is 5.75 Å². The first-order valence-corrected chi connectivity index (χ1v) is 7.73. The van der Waals surface area contributed by atoms with Crippen molar-refractivity contribution in [2.75, 3.05) is 40.0 Å². The van der Waals surface area contributed by atoms with Gasteiger partial charge in [0.2, 0.25) is 0 Å². The van der Waals surface area contributed by atoms with Gasteiger partial charge in [0.05, 0.1) is 6.54 Å². The van der Waals surface area contributed by atoms with Crippen LogP contribution in [0.4, 0.5) is 4.39 Å². The number of nitrogens with zero attached hydrogens (tertiary/aromatic N) is 1. The Bertz CT molecular complexity index is 454. The first-order chi connectivity index (χ1) is 11.2. The smallest absolute Gasteiger partial charge is 0.191 e. The maximum atomic E-state index is 12.8. The van der Waals surface area contributed by atoms with Crippen LogP contribution in [0.15, 0.2) is 29.3 Å². The number of aliphatic imine (C=N–C) groups is 1. The number of guanidine groups is 1. The van der Waals surface area contributed by atoms with E-state index in [1.165, 1.54) is 24.3 Å². The van der Waals surface area contributed by atoms with E-state index in [0.717, 1.165) is 19.5 Å². The molecule has 6 nitrogen and oxygen atoms in total. The number of nitrogens with one attached hydrogen (secondary N) is 2. The standard InChI is InChI=1S/C16H26FN3O3/c1-3-18-16(19-9-4-10-22-2)20-11-14(21)12-23-15-7-5-13(17)6-8-15/h5-8,14,21H,3-4,9-12H2,1-2H3,(H2,18,19,20). The zero-order valence-corrected chi connectivity index (χ0v) is 13.7. The van der Waals surface area contributed by atoms with Gasteiger partial charge in [-0.15, -0.1) is 0 Å². The number of methoxy groups -OCH3 is 1. The van der Waals surface area contributed by atoms with E-state index < -0.39 is 6.10 Å². The Labute approximate surface area is 136 Å². The van der Waals surface area contributed by atoms with Gasteiger partial charge in [-0.05, 0) is 37.6 Å². The van der Waals surface area contributed by atoms with Crippen molar-refractivity contribution < 1.29 is 19.0 Å². The molecule has 1 unspecified atom stereocenters. The molecule has 0 radical (unpaired) electrons. The van der Waals surface area contributed by atoms with Crippen molar-refractivity contribution in [2.45, 2.75) is 19.4 Å². The summed E-state index contributed by atoms with van der Waals surface area (Å²) in [7, 11) is 1.66. The second-order valence-corrected chi connectivity index (χ2v) is 4.91. The van der Waals surface area contributed by atoms with Crippen LogP contribution in [-0.4, -0.2) is 57.1 Å². The summed E-state index contributed by atoms with van der Waals surface area (Å²) >= 11 is 0. The quantitative estimate of drug-likeness (QED) is 0.342. The molecule has 0 amide bonds. The van der Waals surface area contributed by atoms with Crippen molar-refractivity contribution in [1.29, 1.82) is 0 Å². The van der Waals surface area contributed by atoms with E-state index in [1.807, 2.05) is 6.92 Å². The van der Waals surface area contributed by atoms with Gasteiger partial charge < -0.3 is 25.2 Å². The lowest BCUT2D eigenvalue weighted by Crippen LogP contribution is -2.39. The summed E-state index contributed by atoms with van der Waals surface area (Å²) in [5.74, 6) is 0.834. The minimum absolute atomic E-state index is 0.0954. The maximum Gasteiger partial charge on any atom is 0.191 e. The highest BCUT2D eigenvalue weighted by Gasteiger charge is 2.06. The normalized spacial score (nSPS) is 12.8. The molecule has 23 heavy (non-hydrogen) atoms. The van der Waals surface area contributed by atoms with E-state index in [1.54, 1.807) is 7.11 Å². The molecular formula is C16H26FN3O3. The second-order valence-electron chi connectivity index (χ2n) is 4.91. The fraction of sp³-hybridized carbons (Fsp3) is 0.562. The molecule has 1 aromatic rings. The molecule has 1 aromatic carbocycles. The van der Waals surface area contributed by atoms with Crippen molar-refractivity contribution in [2.24, 2.45) is 4.99 Å². The number of hydrogen-bond donors (Lipinski definition) is 3. The van der Waals surface area contributed by atoms with Crippen LogP contribution in [0.3, 0.4) is 0 Å². The predicted molar refractivity (Wildman–Crippen MR) is 88.4 cm³/mol. The fourth-order valence-electron chi connectivity index (χ4n) is 1.74. The minimum atomic E-state index is -0.741. The Morgan fingerprint density at radius 3 is 2.70 bits per heavy atom. The van der Waals surface area contributed by atoms with E-state index in [0.29, 0.717) is 18.3 Å². The molecule has 0 aliphatic heterocycles. The molecule has 130 valence electrons. The Kier molecular flexibility index (Phi) is 9.74. The zero-order chi connectivity index (χ0) is 16.9. The summed E-state index contributed by atoms with van der Waals surface area (Å²) in [5.41, 5.74) is 0. The number of rotatable bonds is 10. The number of aliphatic hydroxyl groups excluding tert-OH is 1. The van der Waals surface area contributed by atoms with Gasteiger partial charge in [-0.3, -0.25) is 4.99 Å². The molecule has 0 saturated heterocycles. The van der Waals surface area contributed by atoms with E-state index in [4.69, 9.17) is 9.47 Å². The topological polar surface area (TPSA) is 75.1 Å². The molecule has 0 spiro atoms. The summed E-state index contributed by atoms with van der Waals surface area (Å²) in [4.78, 5) is 4.30. The largest absolute Gasteiger partial charge is 0.491 e. The first-order valence-electron chi connectivity index (χ1n) is 7.73. The van der Waals surface area contributed by atoms with Gasteiger partial charge in [0.1, 0.15) is 24.3 Å². The summed E-state index contributed by atoms with van der Waals surface area (Å²) < 4.78 is 23.1. The highest BCUT2D eigenvalue weighted by atomic mass is 19.1. The van der Waals surface area contributed by atoms with Gasteiger partial charge >= 0.3 is 0 Å². The molecular weight excluding hydrogens is 301 g/mol. The Hall–Kier alpha value is -1.86. The molecule has 0 fully saturated rings. The molecule has 1 rings (SSSR count). The monoisotopic (exact) mass is 327 g/mol. The number of benzene rings is 1. The van der Waals surface area contributed by atoms with Crippen LogP contribution in [0, 0.1) is 5.82 Å². The van der Waals surface area contributed by atoms with Crippen LogP contribution in [0.2, 0.25) is 0 Å². The molecule has 0 aliphatic rings. The Balaban J connectivity index is 2.33. The summed E-state index contributed by atoms with van der Waals surface area (Å²) in [6.07, 6.45) is 0.131. The van der Waals surface area contributed by atoms with Crippen molar-refractivity contribution in [3.63, 3.8) is 0 Å². The molecule has 0 heterocycles. The third-order valence-electron chi connectivity index (χ3n) is 2.88. The molecule has 0 bridgehead atoms. The van der Waals surface area contributed by atoms with Crippen molar-refractivity contribution in [3.05, 3.63) is 30.1 Å². The van der Waals surface area contributed by atoms with Crippen LogP contribution in [0.1, 0.15) is 13.3 Å². The third kappa shape index (κ3) is 9.00. The number of halogens is 1. The maximum absolute atomic E-state index is 12.8. The molecule has 7 heteroatoms. The van der Waals surface area contributed by atoms with Gasteiger partial charge in [-0.25, -0.2) is 4.39 Å². The number of hydrogen-bond acceptors (Lipinski definition) is 4. The van der Waals surface area contributed by atoms with Crippen LogP contribution in [0.25, 0.3) is 0 Å². The lowest BCUT2D eigenvalue weighted by Gasteiger charge is -2.13. The fourth-order valence-corrected chi connectivity index (χ4v) is 1.74. The lowest BCUT2D eigenvalue weighted by molar-refractivity contribution is 0.114. The predicted octanol–water partition coefficient (Wildman–Crippen LogP) is 1.16. The SMILES string of the molecule is CCNC(=NCC(O)COc1ccc(F)cc1)NCCCOC. The van der Waals surface area contributed by atoms with Gasteiger partial charge in [-0.1, -0.05) is 0 Å². The van der Waals surface area contributed by atoms with Crippen molar-refractivity contribution in [3.8, 4) is 5.75 Å². The van der Waals surface area contributed by atoms with E-state index in [2.05, 4.69) is 15.6 Å². The lowest BCUT2D eigenvalue weighted by atomic mass is 10.3. The average Bonchev–Trinajstić information content (AvgIpc) is 2.56. The van der Waals surface area contributed by atoms with Crippen molar-refractivity contribution in [1.82, 2.24) is 10.6 Å². The van der Waals surface area contributed by atoms with Gasteiger partial charge in [-0.2, -0.15) is 0 Å². The van der Waals surface area contributed by atoms with Gasteiger partial charge in [0.25, 0.3) is 0 Å². The minimum Gasteiger partial charge on any atom is -0.491 e. The van der Waals surface area contributed by atoms with Crippen LogP contribution < -0.4 is 15.4 Å². The molecule has 0 saturated carbocycles. The van der Waals surface area contributed by atoms with Crippen LogP contribution >= 0.6 is 0 Å². The third-order valence-corrected chi connectivity index (χ3v) is 2.88. The van der Waals surface area contributed by atoms with E-state index in [-0.39, 0.29) is 19.0 Å². The van der Waals surface area contributed by atoms with Gasteiger partial charge in [0.15, 0.2) is 5.96 Å². The Morgan fingerprint density at radius 1 is 1.30 bits per heavy atom. The molecule has 0 aliphatic carbocycles. The number of aliphatic hydroxyl groups is 1. The van der Waals surface area contributed by atoms with Gasteiger partial charge in [0, 0.05) is 26.8 Å². The summed E-state index contributed by atoms with van der Waals surface area (Å²) in [6, 6.07) is 5.67. The van der Waals surface area contributed by atoms with Crippen LogP contribution in [-0.2, 0) is 4.74 Å². The highest BCUT2D eigenvalue weighted by Crippen LogP contribution is 2.11. The molecule has 3 N–H and O–H groups in total. The van der Waals surface area contributed by atoms with Crippen molar-refractivity contribution >= 4 is 5.96 Å². The highest BCUT2D eigenvalue weighted by molar-refractivity contribution is 5.79. The summed E-state index contributed by atoms with van der Waals surface area (Å²) in [5, 5.41) is 16.2. The molecule has 0 aromatic heterocycles. The second kappa shape index (κ2) is 11.7. The van der Waals surface area contributed by atoms with E-state index >= 15 is 0 Å². The van der Waals surface area contributed by atoms with E-state index in [9.17, 15) is 9.50 Å². The Morgan fingerprint density at radius 2 is 2.04 bits per heavy atom. The zero-order valence-electron chi connectivity index (χ0n) is 13.7. The number of ether oxygens (including phenoxy) is 2. The first kappa shape index (κ1) is 19.2. The molecule has 1 atom stereocenters. The summed E-state index contributed by atoms with van der Waals surface area (Å²) in [6.45, 7) is 4.43. The average molecular weight is 327 g/mol.